The number of hydrogen-bond acceptors (Lipinski definition) is 2. The van der Waals surface area contributed by atoms with E-state index >= 15 is 0 Å². The van der Waals surface area contributed by atoms with Crippen LogP contribution in [0.4, 0.5) is 4.39 Å². The van der Waals surface area contributed by atoms with Gasteiger partial charge in [0.15, 0.2) is 0 Å². The number of aryl methyl sites for hydroxylation is 1. The first kappa shape index (κ1) is 12.5. The van der Waals surface area contributed by atoms with Gasteiger partial charge in [0, 0.05) is 19.2 Å². The van der Waals surface area contributed by atoms with Crippen molar-refractivity contribution in [1.82, 2.24) is 14.9 Å². The molecule has 0 fully saturated rings. The summed E-state index contributed by atoms with van der Waals surface area (Å²) >= 11 is 0. The molecule has 0 amide bonds. The second kappa shape index (κ2) is 4.67. The lowest BCUT2D eigenvalue weighted by molar-refractivity contribution is 0.629. The first-order chi connectivity index (χ1) is 10.2. The van der Waals surface area contributed by atoms with Crippen molar-refractivity contribution in [2.45, 2.75) is 13.0 Å². The Morgan fingerprint density at radius 1 is 1.24 bits per heavy atom. The van der Waals surface area contributed by atoms with E-state index in [1.807, 2.05) is 11.6 Å². The molecule has 1 N–H and O–H groups in total. The van der Waals surface area contributed by atoms with Crippen LogP contribution < -0.4 is 5.32 Å². The molecule has 106 valence electrons. The van der Waals surface area contributed by atoms with Gasteiger partial charge in [0.05, 0.1) is 11.0 Å². The molecular weight excluding hydrogens is 265 g/mol. The van der Waals surface area contributed by atoms with Crippen LogP contribution in [0.1, 0.15) is 11.1 Å². The van der Waals surface area contributed by atoms with Crippen molar-refractivity contribution in [3.05, 3.63) is 53.3 Å². The Morgan fingerprint density at radius 3 is 3.05 bits per heavy atom. The zero-order chi connectivity index (χ0) is 14.4. The minimum atomic E-state index is -0.226. The largest absolute Gasteiger partial charge is 0.327 e. The number of nitrogens with one attached hydrogen (secondary N) is 1. The lowest BCUT2D eigenvalue weighted by atomic mass is 9.95. The summed E-state index contributed by atoms with van der Waals surface area (Å²) in [6.07, 6.45) is 1.00. The Hall–Kier alpha value is -2.20. The lowest BCUT2D eigenvalue weighted by Crippen LogP contribution is -2.24. The van der Waals surface area contributed by atoms with Gasteiger partial charge in [-0.3, -0.25) is 0 Å². The molecule has 0 unspecified atom stereocenters. The lowest BCUT2D eigenvalue weighted by Gasteiger charge is -2.20. The average Bonchev–Trinajstić information content (AvgIpc) is 2.83. The van der Waals surface area contributed by atoms with Crippen molar-refractivity contribution in [2.75, 3.05) is 6.54 Å². The Labute approximate surface area is 122 Å². The van der Waals surface area contributed by atoms with Crippen LogP contribution >= 0.6 is 0 Å². The molecule has 2 heterocycles. The van der Waals surface area contributed by atoms with Crippen LogP contribution in [0, 0.1) is 5.82 Å². The average molecular weight is 281 g/mol. The molecule has 3 aromatic rings. The van der Waals surface area contributed by atoms with Crippen LogP contribution in [0.15, 0.2) is 36.4 Å². The third kappa shape index (κ3) is 1.94. The van der Waals surface area contributed by atoms with E-state index in [9.17, 15) is 4.39 Å². The molecule has 0 spiro atoms. The number of aromatic nitrogens is 2. The molecule has 0 saturated carbocycles. The van der Waals surface area contributed by atoms with E-state index in [0.29, 0.717) is 0 Å². The fourth-order valence-electron chi connectivity index (χ4n) is 3.15. The van der Waals surface area contributed by atoms with Gasteiger partial charge in [-0.2, -0.15) is 0 Å². The van der Waals surface area contributed by atoms with Gasteiger partial charge in [-0.1, -0.05) is 18.2 Å². The maximum absolute atomic E-state index is 13.5. The zero-order valence-corrected chi connectivity index (χ0v) is 11.9. The van der Waals surface area contributed by atoms with Crippen molar-refractivity contribution in [3.63, 3.8) is 0 Å². The number of hydrogen-bond donors (Lipinski definition) is 1. The fraction of sp³-hybridized carbons (Fsp3) is 0.235. The minimum absolute atomic E-state index is 0.226. The van der Waals surface area contributed by atoms with Crippen molar-refractivity contribution >= 4 is 11.0 Å². The molecule has 0 saturated heterocycles. The first-order valence-electron chi connectivity index (χ1n) is 7.18. The standard InChI is InChI=1S/C17H16FN3/c1-21-16-9-12(18)5-6-15(16)20-17(21)14-4-2-3-11-10-19-8-7-13(11)14/h2-6,9,19H,7-8,10H2,1H3. The third-order valence-corrected chi connectivity index (χ3v) is 4.22. The van der Waals surface area contributed by atoms with Gasteiger partial charge in [0.25, 0.3) is 0 Å². The van der Waals surface area contributed by atoms with Crippen molar-refractivity contribution in [1.29, 1.82) is 0 Å². The van der Waals surface area contributed by atoms with Gasteiger partial charge in [0.2, 0.25) is 0 Å². The van der Waals surface area contributed by atoms with E-state index in [2.05, 4.69) is 23.5 Å². The number of halogens is 1. The normalized spacial score (nSPS) is 14.4. The molecule has 1 aliphatic rings. The van der Waals surface area contributed by atoms with Crippen LogP contribution in [-0.4, -0.2) is 16.1 Å². The molecule has 21 heavy (non-hydrogen) atoms. The molecule has 4 rings (SSSR count). The number of nitrogens with zero attached hydrogens (tertiary/aromatic N) is 2. The van der Waals surface area contributed by atoms with E-state index in [1.165, 1.54) is 17.2 Å². The highest BCUT2D eigenvalue weighted by Gasteiger charge is 2.17. The third-order valence-electron chi connectivity index (χ3n) is 4.22. The molecular formula is C17H16FN3. The molecule has 1 aromatic heterocycles. The Kier molecular flexibility index (Phi) is 2.79. The molecule has 4 heteroatoms. The van der Waals surface area contributed by atoms with Gasteiger partial charge in [0.1, 0.15) is 11.6 Å². The molecule has 3 nitrogen and oxygen atoms in total. The highest BCUT2D eigenvalue weighted by Crippen LogP contribution is 2.30. The summed E-state index contributed by atoms with van der Waals surface area (Å²) < 4.78 is 15.4. The van der Waals surface area contributed by atoms with Crippen molar-refractivity contribution in [2.24, 2.45) is 7.05 Å². The summed E-state index contributed by atoms with van der Waals surface area (Å²) in [5, 5.41) is 3.39. The molecule has 0 bridgehead atoms. The number of benzene rings is 2. The SMILES string of the molecule is Cn1c(-c2cccc3c2CCNC3)nc2ccc(F)cc21. The summed E-state index contributed by atoms with van der Waals surface area (Å²) in [6, 6.07) is 11.1. The smallest absolute Gasteiger partial charge is 0.141 e. The Bertz CT molecular complexity index is 835. The van der Waals surface area contributed by atoms with Crippen LogP contribution in [-0.2, 0) is 20.0 Å². The monoisotopic (exact) mass is 281 g/mol. The van der Waals surface area contributed by atoms with Crippen LogP contribution in [0.2, 0.25) is 0 Å². The van der Waals surface area contributed by atoms with E-state index < -0.39 is 0 Å². The van der Waals surface area contributed by atoms with Crippen LogP contribution in [0.3, 0.4) is 0 Å². The van der Waals surface area contributed by atoms with E-state index in [1.54, 1.807) is 12.1 Å². The van der Waals surface area contributed by atoms with Gasteiger partial charge >= 0.3 is 0 Å². The fourth-order valence-corrected chi connectivity index (χ4v) is 3.15. The van der Waals surface area contributed by atoms with Crippen LogP contribution in [0.25, 0.3) is 22.4 Å². The number of imidazole rings is 1. The highest BCUT2D eigenvalue weighted by molar-refractivity contribution is 5.81. The van der Waals surface area contributed by atoms with Crippen LogP contribution in [0.5, 0.6) is 0 Å². The highest BCUT2D eigenvalue weighted by atomic mass is 19.1. The Morgan fingerprint density at radius 2 is 2.14 bits per heavy atom. The predicted octanol–water partition coefficient (Wildman–Crippen LogP) is 3.03. The van der Waals surface area contributed by atoms with E-state index in [-0.39, 0.29) is 5.82 Å². The van der Waals surface area contributed by atoms with Gasteiger partial charge in [-0.15, -0.1) is 0 Å². The molecule has 2 aromatic carbocycles. The summed E-state index contributed by atoms with van der Waals surface area (Å²) in [4.78, 5) is 4.71. The molecule has 0 aliphatic carbocycles. The second-order valence-electron chi connectivity index (χ2n) is 5.50. The molecule has 0 radical (unpaired) electrons. The van der Waals surface area contributed by atoms with Crippen molar-refractivity contribution in [3.8, 4) is 11.4 Å². The number of fused-ring (bicyclic) bond motifs is 2. The zero-order valence-electron chi connectivity index (χ0n) is 11.9. The minimum Gasteiger partial charge on any atom is -0.327 e. The van der Waals surface area contributed by atoms with Gasteiger partial charge < -0.3 is 9.88 Å². The number of rotatable bonds is 1. The Balaban J connectivity index is 1.97. The maximum atomic E-state index is 13.5. The topological polar surface area (TPSA) is 29.9 Å². The van der Waals surface area contributed by atoms with E-state index in [4.69, 9.17) is 4.98 Å². The summed E-state index contributed by atoms with van der Waals surface area (Å²) in [5.41, 5.74) is 5.51. The molecule has 0 atom stereocenters. The summed E-state index contributed by atoms with van der Waals surface area (Å²) in [7, 11) is 1.95. The van der Waals surface area contributed by atoms with Crippen molar-refractivity contribution < 1.29 is 4.39 Å². The summed E-state index contributed by atoms with van der Waals surface area (Å²) in [6.45, 7) is 1.89. The maximum Gasteiger partial charge on any atom is 0.141 e. The quantitative estimate of drug-likeness (QED) is 0.743. The first-order valence-corrected chi connectivity index (χ1v) is 7.18. The van der Waals surface area contributed by atoms with Gasteiger partial charge in [-0.05, 0) is 42.3 Å². The van der Waals surface area contributed by atoms with E-state index in [0.717, 1.165) is 41.9 Å². The van der Waals surface area contributed by atoms with Gasteiger partial charge in [-0.25, -0.2) is 9.37 Å². The predicted molar refractivity (Wildman–Crippen MR) is 81.5 cm³/mol. The second-order valence-corrected chi connectivity index (χ2v) is 5.50. The summed E-state index contributed by atoms with van der Waals surface area (Å²) in [5.74, 6) is 0.686. The molecule has 1 aliphatic heterocycles.